The molecular weight excluding hydrogens is 332 g/mol. The van der Waals surface area contributed by atoms with Crippen LogP contribution >= 0.6 is 0 Å². The van der Waals surface area contributed by atoms with Crippen LogP contribution in [0, 0.1) is 0 Å². The number of benzene rings is 2. The van der Waals surface area contributed by atoms with Crippen molar-refractivity contribution in [1.29, 1.82) is 0 Å². The molecule has 3 rings (SSSR count). The Kier molecular flexibility index (Phi) is 4.67. The highest BCUT2D eigenvalue weighted by Crippen LogP contribution is 2.34. The first-order chi connectivity index (χ1) is 12.5. The van der Waals surface area contributed by atoms with Crippen molar-refractivity contribution in [2.45, 2.75) is 6.92 Å². The van der Waals surface area contributed by atoms with E-state index in [0.29, 0.717) is 28.9 Å². The van der Waals surface area contributed by atoms with Gasteiger partial charge in [-0.25, -0.2) is 0 Å². The number of hydrogen-bond donors (Lipinski definition) is 1. The van der Waals surface area contributed by atoms with Crippen LogP contribution in [0.1, 0.15) is 17.3 Å². The van der Waals surface area contributed by atoms with Crippen LogP contribution in [0.2, 0.25) is 0 Å². The molecule has 2 aromatic carbocycles. The average Bonchev–Trinajstić information content (AvgIpc) is 2.66. The smallest absolute Gasteiger partial charge is 0.267 e. The molecule has 0 aliphatic rings. The number of amides is 1. The van der Waals surface area contributed by atoms with E-state index in [9.17, 15) is 14.7 Å². The van der Waals surface area contributed by atoms with Gasteiger partial charge in [0.15, 0.2) is 0 Å². The van der Waals surface area contributed by atoms with Crippen LogP contribution in [0.4, 0.5) is 5.69 Å². The van der Waals surface area contributed by atoms with E-state index in [4.69, 9.17) is 4.74 Å². The fraction of sp³-hybridized carbons (Fsp3) is 0.200. The van der Waals surface area contributed by atoms with Crippen LogP contribution < -0.4 is 15.2 Å². The minimum atomic E-state index is -0.581. The van der Waals surface area contributed by atoms with Crippen LogP contribution in [0.25, 0.3) is 10.9 Å². The van der Waals surface area contributed by atoms with Gasteiger partial charge < -0.3 is 19.3 Å². The Bertz CT molecular complexity index is 1030. The summed E-state index contributed by atoms with van der Waals surface area (Å²) in [4.78, 5) is 27.1. The predicted molar refractivity (Wildman–Crippen MR) is 101 cm³/mol. The molecule has 0 radical (unpaired) electrons. The number of ether oxygens (including phenoxy) is 1. The summed E-state index contributed by atoms with van der Waals surface area (Å²) in [7, 11) is 3.13. The lowest BCUT2D eigenvalue weighted by Gasteiger charge is -2.19. The number of aromatic nitrogens is 1. The summed E-state index contributed by atoms with van der Waals surface area (Å²) in [5.74, 6) is -0.517. The van der Waals surface area contributed by atoms with Gasteiger partial charge >= 0.3 is 0 Å². The molecule has 1 amide bonds. The number of aryl methyl sites for hydroxylation is 1. The minimum Gasteiger partial charge on any atom is -0.506 e. The van der Waals surface area contributed by atoms with Gasteiger partial charge in [0.25, 0.3) is 11.5 Å². The SMILES string of the molecule is CCOc1cccc2c1c(O)c(C(=O)N(C)c1ccccc1)c(=O)n2C. The zero-order valence-corrected chi connectivity index (χ0v) is 14.9. The largest absolute Gasteiger partial charge is 0.506 e. The Morgan fingerprint density at radius 2 is 1.85 bits per heavy atom. The Balaban J connectivity index is 2.25. The lowest BCUT2D eigenvalue weighted by Crippen LogP contribution is -2.34. The van der Waals surface area contributed by atoms with Gasteiger partial charge in [0.1, 0.15) is 17.1 Å². The van der Waals surface area contributed by atoms with Gasteiger partial charge in [-0.1, -0.05) is 24.3 Å². The molecule has 0 spiro atoms. The van der Waals surface area contributed by atoms with Crippen LogP contribution in [0.15, 0.2) is 53.3 Å². The lowest BCUT2D eigenvalue weighted by molar-refractivity contribution is 0.0988. The van der Waals surface area contributed by atoms with E-state index < -0.39 is 11.5 Å². The maximum absolute atomic E-state index is 13.0. The minimum absolute atomic E-state index is 0.279. The third kappa shape index (κ3) is 2.79. The zero-order valence-electron chi connectivity index (χ0n) is 14.9. The van der Waals surface area contributed by atoms with Gasteiger partial charge in [-0.3, -0.25) is 9.59 Å². The standard InChI is InChI=1S/C20H20N2O4/c1-4-26-15-12-8-11-14-16(15)18(23)17(20(25)22(14)3)19(24)21(2)13-9-6-5-7-10-13/h5-12,23H,4H2,1-3H3. The molecule has 3 aromatic rings. The van der Waals surface area contributed by atoms with Crippen molar-refractivity contribution in [3.63, 3.8) is 0 Å². The topological polar surface area (TPSA) is 71.8 Å². The van der Waals surface area contributed by atoms with Crippen LogP contribution in [-0.2, 0) is 7.05 Å². The number of rotatable bonds is 4. The predicted octanol–water partition coefficient (Wildman–Crippen LogP) is 2.92. The maximum atomic E-state index is 13.0. The molecule has 0 bridgehead atoms. The summed E-state index contributed by atoms with van der Waals surface area (Å²) in [6.07, 6.45) is 0. The summed E-state index contributed by atoms with van der Waals surface area (Å²) in [6.45, 7) is 2.22. The van der Waals surface area contributed by atoms with Crippen molar-refractivity contribution >= 4 is 22.5 Å². The highest BCUT2D eigenvalue weighted by molar-refractivity contribution is 6.10. The molecule has 0 saturated carbocycles. The van der Waals surface area contributed by atoms with E-state index >= 15 is 0 Å². The number of para-hydroxylation sites is 1. The number of hydrogen-bond acceptors (Lipinski definition) is 4. The number of carbonyl (C=O) groups is 1. The van der Waals surface area contributed by atoms with Crippen molar-refractivity contribution in [3.05, 3.63) is 64.4 Å². The molecule has 0 saturated heterocycles. The Hall–Kier alpha value is -3.28. The van der Waals surface area contributed by atoms with Crippen molar-refractivity contribution in [2.24, 2.45) is 7.05 Å². The fourth-order valence-electron chi connectivity index (χ4n) is 2.95. The first-order valence-corrected chi connectivity index (χ1v) is 8.28. The average molecular weight is 352 g/mol. The van der Waals surface area contributed by atoms with Gasteiger partial charge in [0.05, 0.1) is 17.5 Å². The van der Waals surface area contributed by atoms with Gasteiger partial charge in [-0.05, 0) is 31.2 Å². The molecular formula is C20H20N2O4. The van der Waals surface area contributed by atoms with Crippen molar-refractivity contribution < 1.29 is 14.6 Å². The van der Waals surface area contributed by atoms with E-state index in [1.807, 2.05) is 13.0 Å². The number of anilines is 1. The van der Waals surface area contributed by atoms with Gasteiger partial charge in [-0.2, -0.15) is 0 Å². The molecule has 1 N–H and O–H groups in total. The number of pyridine rings is 1. The monoisotopic (exact) mass is 352 g/mol. The summed E-state index contributed by atoms with van der Waals surface area (Å²) >= 11 is 0. The van der Waals surface area contributed by atoms with Crippen molar-refractivity contribution in [3.8, 4) is 11.5 Å². The third-order valence-electron chi connectivity index (χ3n) is 4.32. The quantitative estimate of drug-likeness (QED) is 0.784. The van der Waals surface area contributed by atoms with Gasteiger partial charge in [0.2, 0.25) is 0 Å². The van der Waals surface area contributed by atoms with E-state index in [1.54, 1.807) is 56.6 Å². The van der Waals surface area contributed by atoms with E-state index in [1.165, 1.54) is 9.47 Å². The second-order valence-electron chi connectivity index (χ2n) is 5.87. The van der Waals surface area contributed by atoms with Crippen LogP contribution in [-0.4, -0.2) is 29.2 Å². The lowest BCUT2D eigenvalue weighted by atomic mass is 10.1. The highest BCUT2D eigenvalue weighted by Gasteiger charge is 2.26. The van der Waals surface area contributed by atoms with Gasteiger partial charge in [-0.15, -0.1) is 0 Å². The molecule has 0 unspecified atom stereocenters. The Labute approximate surface area is 150 Å². The van der Waals surface area contributed by atoms with Crippen molar-refractivity contribution in [1.82, 2.24) is 4.57 Å². The summed E-state index contributed by atoms with van der Waals surface area (Å²) < 4.78 is 6.93. The number of aromatic hydroxyl groups is 1. The van der Waals surface area contributed by atoms with Crippen LogP contribution in [0.5, 0.6) is 11.5 Å². The van der Waals surface area contributed by atoms with E-state index in [-0.39, 0.29) is 11.3 Å². The summed E-state index contributed by atoms with van der Waals surface area (Å²) in [5.41, 5.74) is 0.282. The molecule has 0 aliphatic heterocycles. The van der Waals surface area contributed by atoms with E-state index in [0.717, 1.165) is 0 Å². The van der Waals surface area contributed by atoms with Gasteiger partial charge in [0, 0.05) is 19.8 Å². The van der Waals surface area contributed by atoms with E-state index in [2.05, 4.69) is 0 Å². The normalized spacial score (nSPS) is 10.7. The second kappa shape index (κ2) is 6.92. The highest BCUT2D eigenvalue weighted by atomic mass is 16.5. The summed E-state index contributed by atoms with van der Waals surface area (Å²) in [6, 6.07) is 14.1. The second-order valence-corrected chi connectivity index (χ2v) is 5.87. The number of nitrogens with zero attached hydrogens (tertiary/aromatic N) is 2. The Morgan fingerprint density at radius 3 is 2.50 bits per heavy atom. The number of fused-ring (bicyclic) bond motifs is 1. The summed E-state index contributed by atoms with van der Waals surface area (Å²) in [5, 5.41) is 11.1. The first kappa shape index (κ1) is 17.5. The molecule has 6 heteroatoms. The maximum Gasteiger partial charge on any atom is 0.267 e. The number of carbonyl (C=O) groups excluding carboxylic acids is 1. The molecule has 134 valence electrons. The first-order valence-electron chi connectivity index (χ1n) is 8.28. The molecule has 0 atom stereocenters. The third-order valence-corrected chi connectivity index (χ3v) is 4.32. The molecule has 1 aromatic heterocycles. The molecule has 1 heterocycles. The molecule has 26 heavy (non-hydrogen) atoms. The Morgan fingerprint density at radius 1 is 1.15 bits per heavy atom. The molecule has 0 aliphatic carbocycles. The zero-order chi connectivity index (χ0) is 18.8. The van der Waals surface area contributed by atoms with Crippen molar-refractivity contribution in [2.75, 3.05) is 18.6 Å². The fourth-order valence-corrected chi connectivity index (χ4v) is 2.95. The molecule has 0 fully saturated rings. The van der Waals surface area contributed by atoms with Crippen LogP contribution in [0.3, 0.4) is 0 Å². The molecule has 6 nitrogen and oxygen atoms in total.